The largest absolute Gasteiger partial charge is 0.399 e. The molecule has 0 radical (unpaired) electrons. The lowest BCUT2D eigenvalue weighted by atomic mass is 9.95. The van der Waals surface area contributed by atoms with E-state index in [-0.39, 0.29) is 27.1 Å². The molecule has 0 saturated heterocycles. The summed E-state index contributed by atoms with van der Waals surface area (Å²) >= 11 is 11.7. The normalized spacial score (nSPS) is 13.1. The monoisotopic (exact) mass is 472 g/mol. The minimum absolute atomic E-state index is 0.0417. The van der Waals surface area contributed by atoms with Crippen LogP contribution < -0.4 is 5.32 Å². The van der Waals surface area contributed by atoms with Gasteiger partial charge in [0, 0.05) is 27.7 Å². The molecule has 0 bridgehead atoms. The molecule has 0 saturated carbocycles. The Hall–Kier alpha value is -2.38. The van der Waals surface area contributed by atoms with Gasteiger partial charge >= 0.3 is 6.18 Å². The second kappa shape index (κ2) is 10.8. The maximum atomic E-state index is 13.8. The third kappa shape index (κ3) is 6.80. The van der Waals surface area contributed by atoms with Gasteiger partial charge in [-0.2, -0.15) is 13.2 Å². The van der Waals surface area contributed by atoms with Crippen molar-refractivity contribution in [3.05, 3.63) is 79.7 Å². The van der Waals surface area contributed by atoms with E-state index in [9.17, 15) is 22.9 Å². The molecule has 166 valence electrons. The second-order valence-electron chi connectivity index (χ2n) is 7.00. The topological polar surface area (TPSA) is 58.5 Å². The van der Waals surface area contributed by atoms with Gasteiger partial charge in [0.25, 0.3) is 5.91 Å². The van der Waals surface area contributed by atoms with Crippen molar-refractivity contribution in [3.8, 4) is 0 Å². The predicted molar refractivity (Wildman–Crippen MR) is 117 cm³/mol. The Balaban J connectivity index is 2.43. The van der Waals surface area contributed by atoms with Crippen LogP contribution in [0.15, 0.2) is 47.7 Å². The molecule has 0 spiro atoms. The fraction of sp³-hybridized carbons (Fsp3) is 0.318. The molecule has 4 nitrogen and oxygen atoms in total. The molecule has 0 fully saturated rings. The Morgan fingerprint density at radius 2 is 1.81 bits per heavy atom. The van der Waals surface area contributed by atoms with Gasteiger partial charge in [0.05, 0.1) is 0 Å². The van der Waals surface area contributed by atoms with Crippen LogP contribution in [0.4, 0.5) is 13.2 Å². The molecule has 0 heterocycles. The summed E-state index contributed by atoms with van der Waals surface area (Å²) in [4.78, 5) is 23.7. The zero-order valence-electron chi connectivity index (χ0n) is 16.9. The molecule has 9 heteroatoms. The smallest absolute Gasteiger partial charge is 0.352 e. The fourth-order valence-corrected chi connectivity index (χ4v) is 3.57. The number of halogens is 5. The Bertz CT molecular complexity index is 971. The zero-order valence-corrected chi connectivity index (χ0v) is 18.4. The van der Waals surface area contributed by atoms with Crippen LogP contribution >= 0.6 is 23.2 Å². The highest BCUT2D eigenvalue weighted by Crippen LogP contribution is 2.40. The average Bonchev–Trinajstić information content (AvgIpc) is 2.67. The maximum Gasteiger partial charge on any atom is 0.399 e. The van der Waals surface area contributed by atoms with Crippen molar-refractivity contribution in [3.63, 3.8) is 0 Å². The Kier molecular flexibility index (Phi) is 8.65. The summed E-state index contributed by atoms with van der Waals surface area (Å²) in [6, 6.07) is 7.91. The summed E-state index contributed by atoms with van der Waals surface area (Å²) in [5.74, 6) is -2.43. The van der Waals surface area contributed by atoms with E-state index in [1.54, 1.807) is 6.92 Å². The first-order chi connectivity index (χ1) is 14.6. The summed E-state index contributed by atoms with van der Waals surface area (Å²) in [6.45, 7) is 4.16. The molecule has 31 heavy (non-hydrogen) atoms. The molecule has 1 amide bonds. The third-order valence-corrected chi connectivity index (χ3v) is 5.04. The number of nitrogens with zero attached hydrogens (tertiary/aromatic N) is 1. The van der Waals surface area contributed by atoms with Crippen LogP contribution in [0.1, 0.15) is 52.7 Å². The van der Waals surface area contributed by atoms with Gasteiger partial charge in [-0.25, -0.2) is 0 Å². The summed E-state index contributed by atoms with van der Waals surface area (Å²) in [5, 5.41) is 5.66. The molecule has 1 atom stereocenters. The Morgan fingerprint density at radius 3 is 2.32 bits per heavy atom. The number of amides is 1. The van der Waals surface area contributed by atoms with E-state index >= 15 is 0 Å². The highest BCUT2D eigenvalue weighted by Gasteiger charge is 2.40. The molecule has 1 unspecified atom stereocenters. The lowest BCUT2D eigenvalue weighted by Gasteiger charge is -2.18. The number of carbonyl (C=O) groups is 1. The van der Waals surface area contributed by atoms with E-state index in [1.165, 1.54) is 24.3 Å². The number of nitrogens with one attached hydrogen (secondary N) is 1. The zero-order chi connectivity index (χ0) is 23.2. The van der Waals surface area contributed by atoms with Crippen LogP contribution in [0.3, 0.4) is 0 Å². The number of benzene rings is 2. The van der Waals surface area contributed by atoms with Crippen molar-refractivity contribution in [1.82, 2.24) is 5.32 Å². The average molecular weight is 473 g/mol. The number of nitroso groups, excluding NO2 is 1. The van der Waals surface area contributed by atoms with Gasteiger partial charge in [-0.1, -0.05) is 42.6 Å². The third-order valence-electron chi connectivity index (χ3n) is 4.60. The van der Waals surface area contributed by atoms with Gasteiger partial charge in [-0.05, 0) is 66.1 Å². The summed E-state index contributed by atoms with van der Waals surface area (Å²) in [6.07, 6.45) is -2.23. The molecule has 1 N–H and O–H groups in total. The van der Waals surface area contributed by atoms with Gasteiger partial charge in [0.2, 0.25) is 0 Å². The van der Waals surface area contributed by atoms with Gasteiger partial charge < -0.3 is 5.32 Å². The number of rotatable bonds is 8. The van der Waals surface area contributed by atoms with E-state index in [0.717, 1.165) is 31.1 Å². The Morgan fingerprint density at radius 1 is 1.16 bits per heavy atom. The van der Waals surface area contributed by atoms with E-state index in [1.807, 2.05) is 6.92 Å². The highest BCUT2D eigenvalue weighted by atomic mass is 35.5. The van der Waals surface area contributed by atoms with Gasteiger partial charge in [0.15, 0.2) is 0 Å². The quantitative estimate of drug-likeness (QED) is 0.324. The summed E-state index contributed by atoms with van der Waals surface area (Å²) < 4.78 is 41.3. The van der Waals surface area contributed by atoms with Crippen molar-refractivity contribution in [1.29, 1.82) is 0 Å². The minimum atomic E-state index is -4.71. The van der Waals surface area contributed by atoms with E-state index in [0.29, 0.717) is 17.7 Å². The number of hydrogen-bond acceptors (Lipinski definition) is 3. The van der Waals surface area contributed by atoms with Crippen LogP contribution in [0.2, 0.25) is 10.0 Å². The first-order valence-corrected chi connectivity index (χ1v) is 10.3. The second-order valence-corrected chi connectivity index (χ2v) is 7.88. The van der Waals surface area contributed by atoms with Gasteiger partial charge in [-0.15, -0.1) is 4.91 Å². The number of aryl methyl sites for hydroxylation is 1. The number of hydrogen-bond donors (Lipinski definition) is 1. The first kappa shape index (κ1) is 24.9. The standard InChI is InChI=1S/C22H21Cl2F3N2O2/c1-3-4-7-28-21(30)18-6-5-14(8-13(18)2)20(29-31)12-19(22(25,26)27)15-9-16(23)11-17(24)10-15/h5-6,8-12,19H,3-4,7H2,1-2H3,(H,28,30). The molecular weight excluding hydrogens is 452 g/mol. The predicted octanol–water partition coefficient (Wildman–Crippen LogP) is 7.29. The lowest BCUT2D eigenvalue weighted by molar-refractivity contribution is -0.139. The lowest BCUT2D eigenvalue weighted by Crippen LogP contribution is -2.25. The van der Waals surface area contributed by atoms with Crippen LogP contribution in [-0.2, 0) is 0 Å². The number of allylic oxidation sites excluding steroid dienone is 1. The first-order valence-electron chi connectivity index (χ1n) is 9.54. The fourth-order valence-electron chi connectivity index (χ4n) is 3.02. The molecular formula is C22H21Cl2F3N2O2. The van der Waals surface area contributed by atoms with Crippen molar-refractivity contribution in [2.24, 2.45) is 5.18 Å². The Labute approximate surface area is 188 Å². The molecule has 0 aromatic heterocycles. The van der Waals surface area contributed by atoms with Crippen LogP contribution in [0.5, 0.6) is 0 Å². The molecule has 2 rings (SSSR count). The van der Waals surface area contributed by atoms with Crippen LogP contribution in [-0.4, -0.2) is 18.6 Å². The van der Waals surface area contributed by atoms with Crippen LogP contribution in [0, 0.1) is 11.8 Å². The van der Waals surface area contributed by atoms with E-state index < -0.39 is 17.8 Å². The van der Waals surface area contributed by atoms with Crippen molar-refractivity contribution >= 4 is 34.8 Å². The van der Waals surface area contributed by atoms with Crippen molar-refractivity contribution < 1.29 is 18.0 Å². The number of carbonyl (C=O) groups excluding carboxylic acids is 1. The summed E-state index contributed by atoms with van der Waals surface area (Å²) in [7, 11) is 0. The molecule has 2 aromatic carbocycles. The van der Waals surface area contributed by atoms with Gasteiger partial charge in [0.1, 0.15) is 11.6 Å². The SMILES string of the molecule is CCCCNC(=O)c1ccc(C(=CC(c2cc(Cl)cc(Cl)c2)C(F)(F)F)N=O)cc1C. The molecule has 0 aliphatic carbocycles. The number of alkyl halides is 3. The molecule has 0 aliphatic rings. The van der Waals surface area contributed by atoms with Crippen molar-refractivity contribution in [2.75, 3.05) is 6.54 Å². The summed E-state index contributed by atoms with van der Waals surface area (Å²) in [5.41, 5.74) is 0.434. The van der Waals surface area contributed by atoms with Gasteiger partial charge in [-0.3, -0.25) is 4.79 Å². The number of unbranched alkanes of at least 4 members (excludes halogenated alkanes) is 1. The van der Waals surface area contributed by atoms with E-state index in [2.05, 4.69) is 10.5 Å². The molecule has 2 aromatic rings. The van der Waals surface area contributed by atoms with Crippen molar-refractivity contribution in [2.45, 2.75) is 38.8 Å². The highest BCUT2D eigenvalue weighted by molar-refractivity contribution is 6.34. The van der Waals surface area contributed by atoms with E-state index in [4.69, 9.17) is 23.2 Å². The molecule has 0 aliphatic heterocycles. The minimum Gasteiger partial charge on any atom is -0.352 e. The van der Waals surface area contributed by atoms with Crippen LogP contribution in [0.25, 0.3) is 5.70 Å². The maximum absolute atomic E-state index is 13.8.